The molecule has 0 saturated carbocycles. The van der Waals surface area contributed by atoms with Crippen molar-refractivity contribution in [3.8, 4) is 11.3 Å². The number of hydrogen-bond donors (Lipinski definition) is 2. The van der Waals surface area contributed by atoms with Gasteiger partial charge in [0.1, 0.15) is 11.3 Å². The Kier molecular flexibility index (Phi) is 2.68. The summed E-state index contributed by atoms with van der Waals surface area (Å²) in [6.07, 6.45) is 1.69. The monoisotopic (exact) mass is 267 g/mol. The molecule has 0 aliphatic heterocycles. The lowest BCUT2D eigenvalue weighted by Gasteiger charge is -2.04. The van der Waals surface area contributed by atoms with Gasteiger partial charge in [-0.2, -0.15) is 0 Å². The third-order valence-electron chi connectivity index (χ3n) is 3.29. The summed E-state index contributed by atoms with van der Waals surface area (Å²) in [5, 5.41) is 9.45. The Hall–Kier alpha value is -2.82. The predicted octanol–water partition coefficient (Wildman–Crippen LogP) is 2.59. The van der Waals surface area contributed by atoms with Gasteiger partial charge in [0, 0.05) is 17.4 Å². The number of carbonyl (C=O) groups is 1. The fourth-order valence-corrected chi connectivity index (χ4v) is 2.19. The fraction of sp³-hybridized carbons (Fsp3) is 0.0667. The van der Waals surface area contributed by atoms with Crippen molar-refractivity contribution in [3.63, 3.8) is 0 Å². The van der Waals surface area contributed by atoms with E-state index in [1.165, 1.54) is 0 Å². The molecule has 0 spiro atoms. The van der Waals surface area contributed by atoms with Crippen molar-refractivity contribution in [3.05, 3.63) is 53.9 Å². The molecule has 5 nitrogen and oxygen atoms in total. The molecule has 3 N–H and O–H groups in total. The number of nitrogens with two attached hydrogens (primary N) is 1. The minimum Gasteiger partial charge on any atom is -0.476 e. The molecule has 3 rings (SSSR count). The van der Waals surface area contributed by atoms with Crippen LogP contribution in [0.15, 0.2) is 42.6 Å². The van der Waals surface area contributed by atoms with Crippen LogP contribution in [-0.2, 0) is 0 Å². The molecule has 20 heavy (non-hydrogen) atoms. The average Bonchev–Trinajstić information content (AvgIpc) is 2.81. The maximum absolute atomic E-state index is 11.5. The lowest BCUT2D eigenvalue weighted by atomic mass is 10.1. The van der Waals surface area contributed by atoms with Gasteiger partial charge in [-0.05, 0) is 30.7 Å². The van der Waals surface area contributed by atoms with Gasteiger partial charge in [0.25, 0.3) is 0 Å². The van der Waals surface area contributed by atoms with Gasteiger partial charge in [-0.3, -0.25) is 4.40 Å². The van der Waals surface area contributed by atoms with E-state index in [0.29, 0.717) is 22.6 Å². The van der Waals surface area contributed by atoms with E-state index in [9.17, 15) is 9.90 Å². The molecule has 0 saturated heterocycles. The number of pyridine rings is 1. The zero-order chi connectivity index (χ0) is 14.3. The van der Waals surface area contributed by atoms with E-state index in [1.54, 1.807) is 28.8 Å². The first kappa shape index (κ1) is 12.2. The molecule has 5 heteroatoms. The first-order valence-electron chi connectivity index (χ1n) is 6.15. The van der Waals surface area contributed by atoms with Crippen molar-refractivity contribution < 1.29 is 9.90 Å². The summed E-state index contributed by atoms with van der Waals surface area (Å²) >= 11 is 0. The molecule has 0 aliphatic carbocycles. The second-order valence-corrected chi connectivity index (χ2v) is 4.61. The molecule has 0 bridgehead atoms. The normalized spacial score (nSPS) is 10.8. The summed E-state index contributed by atoms with van der Waals surface area (Å²) in [5.74, 6) is -1.02. The highest BCUT2D eigenvalue weighted by Crippen LogP contribution is 2.27. The highest BCUT2D eigenvalue weighted by Gasteiger charge is 2.19. The minimum absolute atomic E-state index is 0.142. The van der Waals surface area contributed by atoms with E-state index < -0.39 is 5.97 Å². The van der Waals surface area contributed by atoms with Crippen molar-refractivity contribution in [1.29, 1.82) is 0 Å². The molecule has 100 valence electrons. The average molecular weight is 267 g/mol. The Labute approximate surface area is 115 Å². The van der Waals surface area contributed by atoms with E-state index >= 15 is 0 Å². The Bertz CT molecular complexity index is 821. The van der Waals surface area contributed by atoms with E-state index in [2.05, 4.69) is 4.98 Å². The fourth-order valence-electron chi connectivity index (χ4n) is 2.19. The van der Waals surface area contributed by atoms with Crippen molar-refractivity contribution in [2.24, 2.45) is 0 Å². The second kappa shape index (κ2) is 4.38. The summed E-state index contributed by atoms with van der Waals surface area (Å²) < 4.78 is 1.56. The SMILES string of the molecule is Cc1ccc(-c2nc3ccccn3c2C(=O)O)cc1N. The summed E-state index contributed by atoms with van der Waals surface area (Å²) in [6.45, 7) is 1.90. The molecule has 0 atom stereocenters. The van der Waals surface area contributed by atoms with E-state index in [-0.39, 0.29) is 5.69 Å². The van der Waals surface area contributed by atoms with Gasteiger partial charge in [-0.25, -0.2) is 9.78 Å². The lowest BCUT2D eigenvalue weighted by molar-refractivity contribution is 0.0690. The second-order valence-electron chi connectivity index (χ2n) is 4.61. The van der Waals surface area contributed by atoms with Crippen LogP contribution < -0.4 is 5.73 Å². The van der Waals surface area contributed by atoms with E-state index in [1.807, 2.05) is 25.1 Å². The number of aryl methyl sites for hydroxylation is 1. The molecule has 1 aromatic carbocycles. The Balaban J connectivity index is 2.32. The molecule has 0 unspecified atom stereocenters. The van der Waals surface area contributed by atoms with Crippen LogP contribution in [0.2, 0.25) is 0 Å². The van der Waals surface area contributed by atoms with E-state index in [4.69, 9.17) is 5.73 Å². The number of aromatic nitrogens is 2. The molecule has 0 fully saturated rings. The number of benzene rings is 1. The van der Waals surface area contributed by atoms with Crippen LogP contribution in [0, 0.1) is 6.92 Å². The first-order valence-corrected chi connectivity index (χ1v) is 6.15. The number of carboxylic acid groups (broad SMARTS) is 1. The van der Waals surface area contributed by atoms with Crippen LogP contribution >= 0.6 is 0 Å². The number of imidazole rings is 1. The standard InChI is InChI=1S/C15H13N3O2/c1-9-5-6-10(8-11(9)16)13-14(15(19)20)18-7-3-2-4-12(18)17-13/h2-8H,16H2,1H3,(H,19,20). The van der Waals surface area contributed by atoms with Crippen LogP contribution in [0.25, 0.3) is 16.9 Å². The Morgan fingerprint density at radius 1 is 1.30 bits per heavy atom. The van der Waals surface area contributed by atoms with Crippen molar-refractivity contribution >= 4 is 17.3 Å². The third kappa shape index (κ3) is 1.80. The maximum Gasteiger partial charge on any atom is 0.355 e. The zero-order valence-electron chi connectivity index (χ0n) is 10.9. The van der Waals surface area contributed by atoms with Crippen molar-refractivity contribution in [2.75, 3.05) is 5.73 Å². The zero-order valence-corrected chi connectivity index (χ0v) is 10.9. The summed E-state index contributed by atoms with van der Waals surface area (Å²) in [6, 6.07) is 10.8. The van der Waals surface area contributed by atoms with Gasteiger partial charge >= 0.3 is 5.97 Å². The number of nitrogen functional groups attached to an aromatic ring is 1. The van der Waals surface area contributed by atoms with Gasteiger partial charge < -0.3 is 10.8 Å². The summed E-state index contributed by atoms with van der Waals surface area (Å²) in [4.78, 5) is 15.9. The molecule has 0 amide bonds. The Morgan fingerprint density at radius 2 is 2.10 bits per heavy atom. The summed E-state index contributed by atoms with van der Waals surface area (Å²) in [5.41, 5.74) is 9.34. The number of aromatic carboxylic acids is 1. The van der Waals surface area contributed by atoms with Crippen LogP contribution in [-0.4, -0.2) is 20.5 Å². The lowest BCUT2D eigenvalue weighted by Crippen LogP contribution is -2.03. The quantitative estimate of drug-likeness (QED) is 0.699. The topological polar surface area (TPSA) is 80.6 Å². The third-order valence-corrected chi connectivity index (χ3v) is 3.29. The Morgan fingerprint density at radius 3 is 2.80 bits per heavy atom. The molecular weight excluding hydrogens is 254 g/mol. The smallest absolute Gasteiger partial charge is 0.355 e. The van der Waals surface area contributed by atoms with Crippen molar-refractivity contribution in [1.82, 2.24) is 9.38 Å². The molecule has 3 aromatic rings. The van der Waals surface area contributed by atoms with Crippen molar-refractivity contribution in [2.45, 2.75) is 6.92 Å². The largest absolute Gasteiger partial charge is 0.476 e. The van der Waals surface area contributed by atoms with Crippen LogP contribution in [0.1, 0.15) is 16.1 Å². The maximum atomic E-state index is 11.5. The van der Waals surface area contributed by atoms with E-state index in [0.717, 1.165) is 5.56 Å². The van der Waals surface area contributed by atoms with Gasteiger partial charge in [0.05, 0.1) is 0 Å². The number of nitrogens with zero attached hydrogens (tertiary/aromatic N) is 2. The summed E-state index contributed by atoms with van der Waals surface area (Å²) in [7, 11) is 0. The molecule has 0 radical (unpaired) electrons. The predicted molar refractivity (Wildman–Crippen MR) is 76.7 cm³/mol. The molecular formula is C15H13N3O2. The van der Waals surface area contributed by atoms with Gasteiger partial charge in [-0.15, -0.1) is 0 Å². The molecule has 2 heterocycles. The first-order chi connectivity index (χ1) is 9.58. The highest BCUT2D eigenvalue weighted by atomic mass is 16.4. The van der Waals surface area contributed by atoms with Crippen LogP contribution in [0.5, 0.6) is 0 Å². The van der Waals surface area contributed by atoms with Crippen LogP contribution in [0.4, 0.5) is 5.69 Å². The number of fused-ring (bicyclic) bond motifs is 1. The van der Waals surface area contributed by atoms with Gasteiger partial charge in [0.15, 0.2) is 5.69 Å². The highest BCUT2D eigenvalue weighted by molar-refractivity contribution is 5.95. The minimum atomic E-state index is -1.02. The number of hydrogen-bond acceptors (Lipinski definition) is 3. The van der Waals surface area contributed by atoms with Crippen LogP contribution in [0.3, 0.4) is 0 Å². The molecule has 0 aliphatic rings. The number of anilines is 1. The molecule has 2 aromatic heterocycles. The number of carboxylic acids is 1. The van der Waals surface area contributed by atoms with Gasteiger partial charge in [0.2, 0.25) is 0 Å². The van der Waals surface area contributed by atoms with Gasteiger partial charge in [-0.1, -0.05) is 18.2 Å². The number of rotatable bonds is 2.